The Bertz CT molecular complexity index is 268. The van der Waals surface area contributed by atoms with Crippen molar-refractivity contribution in [3.8, 4) is 0 Å². The maximum absolute atomic E-state index is 10.7. The molecule has 0 unspecified atom stereocenters. The molecule has 0 N–H and O–H groups in total. The molecular formula is C5H5BrN2O. The van der Waals surface area contributed by atoms with E-state index >= 15 is 0 Å². The van der Waals surface area contributed by atoms with E-state index in [0.717, 1.165) is 0 Å². The first-order valence-electron chi connectivity index (χ1n) is 2.38. The fourth-order valence-electron chi connectivity index (χ4n) is 0.465. The summed E-state index contributed by atoms with van der Waals surface area (Å²) in [6.45, 7) is 0. The van der Waals surface area contributed by atoms with E-state index in [1.807, 2.05) is 0 Å². The molecular weight excluding hydrogens is 184 g/mol. The monoisotopic (exact) mass is 188 g/mol. The summed E-state index contributed by atoms with van der Waals surface area (Å²) in [4.78, 5) is 14.4. The SMILES string of the molecule is Cn1cc(Br)ncc1=O. The highest BCUT2D eigenvalue weighted by atomic mass is 79.9. The van der Waals surface area contributed by atoms with E-state index in [2.05, 4.69) is 20.9 Å². The fraction of sp³-hybridized carbons (Fsp3) is 0.200. The largest absolute Gasteiger partial charge is 0.315 e. The summed E-state index contributed by atoms with van der Waals surface area (Å²) < 4.78 is 2.13. The molecule has 0 aliphatic rings. The van der Waals surface area contributed by atoms with Crippen LogP contribution in [0, 0.1) is 0 Å². The lowest BCUT2D eigenvalue weighted by Gasteiger charge is -1.92. The van der Waals surface area contributed by atoms with E-state index < -0.39 is 0 Å². The first-order chi connectivity index (χ1) is 4.20. The summed E-state index contributed by atoms with van der Waals surface area (Å²) in [6, 6.07) is 0. The number of nitrogens with zero attached hydrogens (tertiary/aromatic N) is 2. The van der Waals surface area contributed by atoms with E-state index in [9.17, 15) is 4.79 Å². The minimum Gasteiger partial charge on any atom is -0.315 e. The van der Waals surface area contributed by atoms with Crippen LogP contribution >= 0.6 is 15.9 Å². The van der Waals surface area contributed by atoms with Gasteiger partial charge in [0, 0.05) is 13.2 Å². The van der Waals surface area contributed by atoms with Crippen molar-refractivity contribution in [2.75, 3.05) is 0 Å². The molecule has 0 amide bonds. The molecule has 4 heteroatoms. The zero-order valence-corrected chi connectivity index (χ0v) is 6.42. The summed E-state index contributed by atoms with van der Waals surface area (Å²) >= 11 is 3.13. The quantitative estimate of drug-likeness (QED) is 0.597. The number of aryl methyl sites for hydroxylation is 1. The summed E-state index contributed by atoms with van der Waals surface area (Å²) in [5, 5.41) is 0. The van der Waals surface area contributed by atoms with E-state index in [0.29, 0.717) is 4.60 Å². The smallest absolute Gasteiger partial charge is 0.268 e. The van der Waals surface area contributed by atoms with Gasteiger partial charge in [-0.1, -0.05) is 0 Å². The van der Waals surface area contributed by atoms with Gasteiger partial charge in [-0.3, -0.25) is 4.79 Å². The van der Waals surface area contributed by atoms with Gasteiger partial charge in [0.25, 0.3) is 5.56 Å². The van der Waals surface area contributed by atoms with Gasteiger partial charge in [-0.2, -0.15) is 0 Å². The topological polar surface area (TPSA) is 34.9 Å². The third-order valence-corrected chi connectivity index (χ3v) is 1.36. The van der Waals surface area contributed by atoms with E-state index in [1.165, 1.54) is 10.8 Å². The van der Waals surface area contributed by atoms with Crippen molar-refractivity contribution < 1.29 is 0 Å². The Morgan fingerprint density at radius 2 is 2.44 bits per heavy atom. The first-order valence-corrected chi connectivity index (χ1v) is 3.17. The Morgan fingerprint density at radius 1 is 1.78 bits per heavy atom. The zero-order chi connectivity index (χ0) is 6.85. The summed E-state index contributed by atoms with van der Waals surface area (Å²) in [7, 11) is 1.68. The third-order valence-electron chi connectivity index (χ3n) is 0.946. The van der Waals surface area contributed by atoms with Crippen molar-refractivity contribution in [3.05, 3.63) is 27.4 Å². The molecule has 1 aromatic rings. The van der Waals surface area contributed by atoms with Crippen molar-refractivity contribution in [3.63, 3.8) is 0 Å². The lowest BCUT2D eigenvalue weighted by atomic mass is 10.7. The molecule has 0 saturated heterocycles. The molecule has 9 heavy (non-hydrogen) atoms. The van der Waals surface area contributed by atoms with Gasteiger partial charge < -0.3 is 4.57 Å². The van der Waals surface area contributed by atoms with Crippen LogP contribution in [0.4, 0.5) is 0 Å². The molecule has 1 heterocycles. The molecule has 0 aromatic carbocycles. The van der Waals surface area contributed by atoms with Crippen molar-refractivity contribution in [1.82, 2.24) is 9.55 Å². The van der Waals surface area contributed by atoms with Gasteiger partial charge in [0.15, 0.2) is 0 Å². The molecule has 0 spiro atoms. The van der Waals surface area contributed by atoms with Crippen molar-refractivity contribution in [2.45, 2.75) is 0 Å². The van der Waals surface area contributed by atoms with E-state index in [1.54, 1.807) is 13.2 Å². The Morgan fingerprint density at radius 3 is 2.89 bits per heavy atom. The van der Waals surface area contributed by atoms with Crippen LogP contribution in [0.1, 0.15) is 0 Å². The van der Waals surface area contributed by atoms with Crippen LogP contribution in [0.2, 0.25) is 0 Å². The molecule has 0 radical (unpaired) electrons. The van der Waals surface area contributed by atoms with Gasteiger partial charge in [0.1, 0.15) is 4.60 Å². The predicted octanol–water partition coefficient (Wildman–Crippen LogP) is 0.543. The molecule has 0 bridgehead atoms. The average molecular weight is 189 g/mol. The number of aromatic nitrogens is 2. The fourth-order valence-corrected chi connectivity index (χ4v) is 0.874. The van der Waals surface area contributed by atoms with Crippen LogP contribution in [-0.4, -0.2) is 9.55 Å². The van der Waals surface area contributed by atoms with Crippen LogP contribution in [0.15, 0.2) is 21.8 Å². The summed E-state index contributed by atoms with van der Waals surface area (Å²) in [6.07, 6.45) is 2.88. The van der Waals surface area contributed by atoms with Gasteiger partial charge in [-0.25, -0.2) is 4.98 Å². The molecule has 3 nitrogen and oxygen atoms in total. The van der Waals surface area contributed by atoms with Crippen molar-refractivity contribution in [2.24, 2.45) is 7.05 Å². The normalized spacial score (nSPS) is 9.56. The third kappa shape index (κ3) is 1.38. The van der Waals surface area contributed by atoms with E-state index in [4.69, 9.17) is 0 Å². The number of rotatable bonds is 0. The first kappa shape index (κ1) is 6.48. The highest BCUT2D eigenvalue weighted by Gasteiger charge is 1.89. The van der Waals surface area contributed by atoms with Gasteiger partial charge in [-0.15, -0.1) is 0 Å². The summed E-state index contributed by atoms with van der Waals surface area (Å²) in [5.74, 6) is 0. The second-order valence-electron chi connectivity index (χ2n) is 1.66. The molecule has 48 valence electrons. The maximum atomic E-state index is 10.7. The molecule has 1 aromatic heterocycles. The van der Waals surface area contributed by atoms with Gasteiger partial charge in [-0.05, 0) is 15.9 Å². The standard InChI is InChI=1S/C5H5BrN2O/c1-8-3-4(6)7-2-5(8)9/h2-3H,1H3. The molecule has 0 fully saturated rings. The highest BCUT2D eigenvalue weighted by Crippen LogP contribution is 1.98. The lowest BCUT2D eigenvalue weighted by molar-refractivity contribution is 0.832. The second kappa shape index (κ2) is 2.31. The zero-order valence-electron chi connectivity index (χ0n) is 4.84. The Labute approximate surface area is 60.5 Å². The Balaban J connectivity index is 3.34. The average Bonchev–Trinajstić information content (AvgIpc) is 1.80. The van der Waals surface area contributed by atoms with Gasteiger partial charge in [0.05, 0.1) is 6.20 Å². The number of hydrogen-bond acceptors (Lipinski definition) is 2. The summed E-state index contributed by atoms with van der Waals surface area (Å²) in [5.41, 5.74) is -0.0989. The van der Waals surface area contributed by atoms with Gasteiger partial charge >= 0.3 is 0 Å². The minimum absolute atomic E-state index is 0.0989. The second-order valence-corrected chi connectivity index (χ2v) is 2.47. The van der Waals surface area contributed by atoms with Crippen LogP contribution in [0.3, 0.4) is 0 Å². The van der Waals surface area contributed by atoms with Crippen molar-refractivity contribution in [1.29, 1.82) is 0 Å². The number of hydrogen-bond donors (Lipinski definition) is 0. The van der Waals surface area contributed by atoms with E-state index in [-0.39, 0.29) is 5.56 Å². The molecule has 0 aliphatic carbocycles. The van der Waals surface area contributed by atoms with Crippen LogP contribution in [0.25, 0.3) is 0 Å². The van der Waals surface area contributed by atoms with Gasteiger partial charge in [0.2, 0.25) is 0 Å². The Hall–Kier alpha value is -0.640. The van der Waals surface area contributed by atoms with Crippen LogP contribution < -0.4 is 5.56 Å². The lowest BCUT2D eigenvalue weighted by Crippen LogP contribution is -2.14. The Kier molecular flexibility index (Phi) is 1.66. The van der Waals surface area contributed by atoms with Crippen molar-refractivity contribution >= 4 is 15.9 Å². The van der Waals surface area contributed by atoms with Crippen LogP contribution in [-0.2, 0) is 7.05 Å². The molecule has 0 saturated carbocycles. The molecule has 0 aliphatic heterocycles. The molecule has 1 rings (SSSR count). The predicted molar refractivity (Wildman–Crippen MR) is 37.2 cm³/mol. The van der Waals surface area contributed by atoms with Crippen LogP contribution in [0.5, 0.6) is 0 Å². The maximum Gasteiger partial charge on any atom is 0.268 e. The molecule has 0 atom stereocenters. The highest BCUT2D eigenvalue weighted by molar-refractivity contribution is 9.10. The minimum atomic E-state index is -0.0989. The number of halogens is 1.